The molecule has 0 aliphatic rings. The molecule has 2 N–H and O–H groups in total. The van der Waals surface area contributed by atoms with Crippen molar-refractivity contribution in [1.29, 1.82) is 0 Å². The Bertz CT molecular complexity index is 862. The number of carboxylic acid groups (broad SMARTS) is 1. The first kappa shape index (κ1) is 14.7. The molecule has 23 heavy (non-hydrogen) atoms. The zero-order chi connectivity index (χ0) is 16.2. The predicted octanol–water partition coefficient (Wildman–Crippen LogP) is 3.89. The molecule has 3 aromatic rings. The molecule has 0 saturated carbocycles. The molecule has 0 fully saturated rings. The zero-order valence-corrected chi connectivity index (χ0v) is 12.5. The van der Waals surface area contributed by atoms with Crippen molar-refractivity contribution in [1.82, 2.24) is 9.97 Å². The smallest absolute Gasteiger partial charge is 0.335 e. The van der Waals surface area contributed by atoms with E-state index in [0.29, 0.717) is 11.5 Å². The molecular formula is C18H15N3O2. The van der Waals surface area contributed by atoms with Gasteiger partial charge in [-0.05, 0) is 30.7 Å². The number of aromatic nitrogens is 2. The van der Waals surface area contributed by atoms with Gasteiger partial charge in [0.25, 0.3) is 0 Å². The molecule has 114 valence electrons. The average Bonchev–Trinajstić information content (AvgIpc) is 2.56. The lowest BCUT2D eigenvalue weighted by atomic mass is 10.1. The average molecular weight is 305 g/mol. The van der Waals surface area contributed by atoms with E-state index < -0.39 is 5.97 Å². The van der Waals surface area contributed by atoms with Gasteiger partial charge >= 0.3 is 5.97 Å². The minimum atomic E-state index is -0.961. The number of hydrogen-bond donors (Lipinski definition) is 2. The Labute approximate surface area is 133 Å². The normalized spacial score (nSPS) is 10.3. The minimum Gasteiger partial charge on any atom is -0.478 e. The van der Waals surface area contributed by atoms with E-state index >= 15 is 0 Å². The molecule has 1 heterocycles. The summed E-state index contributed by atoms with van der Waals surface area (Å²) < 4.78 is 0. The van der Waals surface area contributed by atoms with Gasteiger partial charge in [-0.1, -0.05) is 30.3 Å². The third-order valence-corrected chi connectivity index (χ3v) is 3.47. The summed E-state index contributed by atoms with van der Waals surface area (Å²) in [6.07, 6.45) is 1.49. The second kappa shape index (κ2) is 6.27. The summed E-state index contributed by atoms with van der Waals surface area (Å²) in [5.41, 5.74) is 3.87. The summed E-state index contributed by atoms with van der Waals surface area (Å²) in [5.74, 6) is -0.349. The molecule has 0 radical (unpaired) electrons. The van der Waals surface area contributed by atoms with E-state index in [1.165, 1.54) is 6.33 Å². The quantitative estimate of drug-likeness (QED) is 0.764. The van der Waals surface area contributed by atoms with Crippen LogP contribution in [0.25, 0.3) is 11.3 Å². The first-order valence-corrected chi connectivity index (χ1v) is 7.12. The summed E-state index contributed by atoms with van der Waals surface area (Å²) in [6.45, 7) is 2.03. The largest absolute Gasteiger partial charge is 0.478 e. The highest BCUT2D eigenvalue weighted by Gasteiger charge is 2.06. The van der Waals surface area contributed by atoms with Crippen LogP contribution in [-0.4, -0.2) is 21.0 Å². The van der Waals surface area contributed by atoms with Crippen molar-refractivity contribution in [3.05, 3.63) is 72.1 Å². The van der Waals surface area contributed by atoms with Crippen molar-refractivity contribution < 1.29 is 9.90 Å². The van der Waals surface area contributed by atoms with Crippen LogP contribution in [0.3, 0.4) is 0 Å². The number of aromatic carboxylic acids is 1. The summed E-state index contributed by atoms with van der Waals surface area (Å²) in [7, 11) is 0. The third-order valence-electron chi connectivity index (χ3n) is 3.47. The van der Waals surface area contributed by atoms with Gasteiger partial charge in [-0.3, -0.25) is 0 Å². The Morgan fingerprint density at radius 3 is 2.65 bits per heavy atom. The van der Waals surface area contributed by atoms with Gasteiger partial charge < -0.3 is 10.4 Å². The Balaban J connectivity index is 1.90. The fourth-order valence-corrected chi connectivity index (χ4v) is 2.31. The third kappa shape index (κ3) is 3.35. The van der Waals surface area contributed by atoms with Crippen LogP contribution >= 0.6 is 0 Å². The zero-order valence-electron chi connectivity index (χ0n) is 12.5. The summed E-state index contributed by atoms with van der Waals surface area (Å²) in [4.78, 5) is 19.5. The molecule has 1 aromatic heterocycles. The van der Waals surface area contributed by atoms with E-state index in [1.54, 1.807) is 24.3 Å². The van der Waals surface area contributed by atoms with E-state index in [0.717, 1.165) is 16.8 Å². The van der Waals surface area contributed by atoms with Crippen molar-refractivity contribution in [3.8, 4) is 11.3 Å². The number of nitrogens with zero attached hydrogens (tertiary/aromatic N) is 2. The highest BCUT2D eigenvalue weighted by atomic mass is 16.4. The number of hydrogen-bond acceptors (Lipinski definition) is 4. The standard InChI is InChI=1S/C18H15N3O2/c1-12-5-2-3-8-15(12)16-10-17(20-11-19-16)21-14-7-4-6-13(9-14)18(22)23/h2-11H,1H3,(H,22,23)(H,19,20,21). The van der Waals surface area contributed by atoms with Crippen molar-refractivity contribution in [2.75, 3.05) is 5.32 Å². The van der Waals surface area contributed by atoms with E-state index in [4.69, 9.17) is 5.11 Å². The molecule has 5 nitrogen and oxygen atoms in total. The summed E-state index contributed by atoms with van der Waals surface area (Å²) >= 11 is 0. The van der Waals surface area contributed by atoms with Crippen molar-refractivity contribution in [3.63, 3.8) is 0 Å². The highest BCUT2D eigenvalue weighted by Crippen LogP contribution is 2.24. The van der Waals surface area contributed by atoms with E-state index in [9.17, 15) is 4.79 Å². The van der Waals surface area contributed by atoms with Crippen molar-refractivity contribution >= 4 is 17.5 Å². The van der Waals surface area contributed by atoms with Gasteiger partial charge in [0.1, 0.15) is 12.1 Å². The number of carboxylic acids is 1. The van der Waals surface area contributed by atoms with Gasteiger partial charge in [-0.15, -0.1) is 0 Å². The predicted molar refractivity (Wildman–Crippen MR) is 88.9 cm³/mol. The molecule has 0 amide bonds. The Hall–Kier alpha value is -3.21. The molecular weight excluding hydrogens is 290 g/mol. The molecule has 0 bridgehead atoms. The van der Waals surface area contributed by atoms with Crippen LogP contribution in [0.2, 0.25) is 0 Å². The lowest BCUT2D eigenvalue weighted by Gasteiger charge is -2.09. The molecule has 0 aliphatic heterocycles. The fraction of sp³-hybridized carbons (Fsp3) is 0.0556. The number of benzene rings is 2. The van der Waals surface area contributed by atoms with Crippen LogP contribution in [0.1, 0.15) is 15.9 Å². The summed E-state index contributed by atoms with van der Waals surface area (Å²) in [5, 5.41) is 12.2. The first-order chi connectivity index (χ1) is 11.1. The molecule has 0 aliphatic carbocycles. The van der Waals surface area contributed by atoms with Crippen LogP contribution in [0.5, 0.6) is 0 Å². The molecule has 0 saturated heterocycles. The second-order valence-electron chi connectivity index (χ2n) is 5.11. The number of carbonyl (C=O) groups is 1. The Morgan fingerprint density at radius 2 is 1.87 bits per heavy atom. The van der Waals surface area contributed by atoms with E-state index in [2.05, 4.69) is 15.3 Å². The van der Waals surface area contributed by atoms with Gasteiger partial charge in [0.2, 0.25) is 0 Å². The van der Waals surface area contributed by atoms with Gasteiger partial charge in [-0.25, -0.2) is 14.8 Å². The minimum absolute atomic E-state index is 0.225. The van der Waals surface area contributed by atoms with Crippen molar-refractivity contribution in [2.24, 2.45) is 0 Å². The van der Waals surface area contributed by atoms with Crippen LogP contribution in [-0.2, 0) is 0 Å². The van der Waals surface area contributed by atoms with Gasteiger partial charge in [-0.2, -0.15) is 0 Å². The van der Waals surface area contributed by atoms with Crippen LogP contribution in [0.15, 0.2) is 60.9 Å². The maximum Gasteiger partial charge on any atom is 0.335 e. The fourth-order valence-electron chi connectivity index (χ4n) is 2.31. The second-order valence-corrected chi connectivity index (χ2v) is 5.11. The van der Waals surface area contributed by atoms with Crippen LogP contribution in [0, 0.1) is 6.92 Å². The number of nitrogens with one attached hydrogen (secondary N) is 1. The molecule has 0 unspecified atom stereocenters. The Kier molecular flexibility index (Phi) is 4.01. The maximum absolute atomic E-state index is 11.0. The number of anilines is 2. The van der Waals surface area contributed by atoms with Gasteiger partial charge in [0, 0.05) is 17.3 Å². The molecule has 2 aromatic carbocycles. The number of aryl methyl sites for hydroxylation is 1. The lowest BCUT2D eigenvalue weighted by molar-refractivity contribution is 0.0697. The lowest BCUT2D eigenvalue weighted by Crippen LogP contribution is -1.99. The molecule has 5 heteroatoms. The Morgan fingerprint density at radius 1 is 1.04 bits per heavy atom. The van der Waals surface area contributed by atoms with Crippen LogP contribution < -0.4 is 5.32 Å². The SMILES string of the molecule is Cc1ccccc1-c1cc(Nc2cccc(C(=O)O)c2)ncn1. The molecule has 0 atom stereocenters. The first-order valence-electron chi connectivity index (χ1n) is 7.12. The van der Waals surface area contributed by atoms with Crippen LogP contribution in [0.4, 0.5) is 11.5 Å². The molecule has 3 rings (SSSR count). The molecule has 0 spiro atoms. The topological polar surface area (TPSA) is 75.1 Å². The number of rotatable bonds is 4. The van der Waals surface area contributed by atoms with E-state index in [-0.39, 0.29) is 5.56 Å². The maximum atomic E-state index is 11.0. The summed E-state index contributed by atoms with van der Waals surface area (Å²) in [6, 6.07) is 16.4. The van der Waals surface area contributed by atoms with Gasteiger partial charge in [0.05, 0.1) is 11.3 Å². The van der Waals surface area contributed by atoms with Crippen molar-refractivity contribution in [2.45, 2.75) is 6.92 Å². The highest BCUT2D eigenvalue weighted by molar-refractivity contribution is 5.89. The van der Waals surface area contributed by atoms with Gasteiger partial charge in [0.15, 0.2) is 0 Å². The monoisotopic (exact) mass is 305 g/mol. The van der Waals surface area contributed by atoms with E-state index in [1.807, 2.05) is 37.3 Å².